The Labute approximate surface area is 396 Å². The van der Waals surface area contributed by atoms with Crippen LogP contribution in [0.3, 0.4) is 0 Å². The van der Waals surface area contributed by atoms with Crippen LogP contribution >= 0.6 is 8.25 Å². The number of amides is 2. The molecule has 0 aliphatic carbocycles. The van der Waals surface area contributed by atoms with Crippen molar-refractivity contribution >= 4 is 20.1 Å². The summed E-state index contributed by atoms with van der Waals surface area (Å²) in [6.45, 7) is 6.03. The van der Waals surface area contributed by atoms with E-state index < -0.39 is 8.25 Å². The molecule has 2 amide bonds. The molecule has 0 saturated carbocycles. The third-order valence-corrected chi connectivity index (χ3v) is 12.2. The van der Waals surface area contributed by atoms with E-state index >= 15 is 0 Å². The second-order valence-corrected chi connectivity index (χ2v) is 18.6. The average molecular weight is 908 g/mol. The third kappa shape index (κ3) is 53.5. The lowest BCUT2D eigenvalue weighted by Crippen LogP contribution is -2.24. The van der Waals surface area contributed by atoms with E-state index in [9.17, 15) is 14.2 Å². The largest absolute Gasteiger partial charge is 0.697 e. The van der Waals surface area contributed by atoms with Gasteiger partial charge in [-0.3, -0.25) is 9.59 Å². The van der Waals surface area contributed by atoms with E-state index in [1.54, 1.807) is 0 Å². The second kappa shape index (κ2) is 54.5. The number of carbonyl (C=O) groups is 2. The van der Waals surface area contributed by atoms with Gasteiger partial charge in [-0.1, -0.05) is 204 Å². The Balaban J connectivity index is 3.45. The van der Waals surface area contributed by atoms with Gasteiger partial charge in [0, 0.05) is 56.2 Å². The number of rotatable bonds is 46. The second-order valence-electron chi connectivity index (χ2n) is 17.6. The number of nitrogens with one attached hydrogen (secondary N) is 2. The summed E-state index contributed by atoms with van der Waals surface area (Å²) in [7, 11) is -2.20. The highest BCUT2D eigenvalue weighted by atomic mass is 31.1. The van der Waals surface area contributed by atoms with E-state index in [0.29, 0.717) is 38.8 Å². The predicted octanol–water partition coefficient (Wildman–Crippen LogP) is 15.6. The van der Waals surface area contributed by atoms with Gasteiger partial charge >= 0.3 is 8.25 Å². The molecule has 0 aliphatic rings. The highest BCUT2D eigenvalue weighted by molar-refractivity contribution is 7.33. The van der Waals surface area contributed by atoms with Crippen molar-refractivity contribution in [1.29, 1.82) is 0 Å². The zero-order valence-corrected chi connectivity index (χ0v) is 42.5. The van der Waals surface area contributed by atoms with Gasteiger partial charge in [-0.25, -0.2) is 0 Å². The molecule has 0 radical (unpaired) electrons. The minimum atomic E-state index is -2.20. The molecule has 0 bridgehead atoms. The van der Waals surface area contributed by atoms with Crippen LogP contribution in [0.15, 0.2) is 0 Å². The normalized spacial score (nSPS) is 10.4. The lowest BCUT2D eigenvalue weighted by atomic mass is 10.1. The topological polar surface area (TPSA) is 93.7 Å². The van der Waals surface area contributed by atoms with Crippen LogP contribution in [0.25, 0.3) is 0 Å². The summed E-state index contributed by atoms with van der Waals surface area (Å²) >= 11 is 0. The van der Waals surface area contributed by atoms with E-state index in [4.69, 9.17) is 9.05 Å². The number of hydrogen-bond donors (Lipinski definition) is 2. The number of carbonyl (C=O) groups excluding carboxylic acids is 2. The summed E-state index contributed by atoms with van der Waals surface area (Å²) in [5, 5.41) is 5.82. The Morgan fingerprint density at radius 2 is 0.609 bits per heavy atom. The predicted molar refractivity (Wildman–Crippen MR) is 273 cm³/mol. The van der Waals surface area contributed by atoms with E-state index in [2.05, 4.69) is 71.8 Å². The lowest BCUT2D eigenvalue weighted by molar-refractivity contribution is -0.122. The van der Waals surface area contributed by atoms with Gasteiger partial charge in [0.2, 0.25) is 11.8 Å². The fraction of sp³-hybridized carbons (Fsp3) is 0.821. The van der Waals surface area contributed by atoms with Crippen LogP contribution in [-0.2, 0) is 23.2 Å². The molecule has 0 saturated heterocycles. The minimum Gasteiger partial charge on any atom is -0.356 e. The first-order chi connectivity index (χ1) is 31.6. The molecule has 8 heteroatoms. The minimum absolute atomic E-state index is 0.0512. The number of unbranched alkanes of at least 4 members (excludes halogenated alkanes) is 32. The summed E-state index contributed by atoms with van der Waals surface area (Å²) in [5.41, 5.74) is 0. The van der Waals surface area contributed by atoms with Crippen molar-refractivity contribution in [2.24, 2.45) is 0 Å². The molecule has 0 heterocycles. The fourth-order valence-corrected chi connectivity index (χ4v) is 7.96. The number of hydrogen-bond acceptors (Lipinski definition) is 5. The Bertz CT molecular complexity index is 1240. The van der Waals surface area contributed by atoms with Crippen LogP contribution in [0.2, 0.25) is 0 Å². The van der Waals surface area contributed by atoms with Crippen LogP contribution in [-0.4, -0.2) is 38.1 Å². The van der Waals surface area contributed by atoms with Crippen LogP contribution in [0.5, 0.6) is 0 Å². The maximum atomic E-state index is 12.1. The zero-order chi connectivity index (χ0) is 46.3. The van der Waals surface area contributed by atoms with Crippen molar-refractivity contribution in [1.82, 2.24) is 10.6 Å². The zero-order valence-electron chi connectivity index (χ0n) is 41.6. The SMILES string of the molecule is CCCCCCCCCCCCC#CC#CCCCCCCCCC(=O)NCCCO[P+](=O)OCCCNC(=O)CCCCCCCCC#CC#CCCCCCCCCCCCC. The monoisotopic (exact) mass is 908 g/mol. The molecule has 0 rings (SSSR count). The van der Waals surface area contributed by atoms with Gasteiger partial charge in [-0.2, -0.15) is 0 Å². The van der Waals surface area contributed by atoms with E-state index in [-0.39, 0.29) is 25.0 Å². The van der Waals surface area contributed by atoms with Crippen LogP contribution in [0, 0.1) is 47.4 Å². The van der Waals surface area contributed by atoms with Gasteiger partial charge in [0.1, 0.15) is 13.2 Å². The molecule has 0 fully saturated rings. The van der Waals surface area contributed by atoms with Gasteiger partial charge < -0.3 is 10.6 Å². The summed E-state index contributed by atoms with van der Waals surface area (Å²) in [5.74, 6) is 25.0. The van der Waals surface area contributed by atoms with Gasteiger partial charge in [-0.15, -0.1) is 9.05 Å². The van der Waals surface area contributed by atoms with Gasteiger partial charge in [0.25, 0.3) is 0 Å². The molecule has 0 aromatic rings. The molecule has 0 aliphatic heterocycles. The molecule has 0 spiro atoms. The molecule has 0 aromatic heterocycles. The molecular weight excluding hydrogens is 812 g/mol. The highest BCUT2D eigenvalue weighted by Crippen LogP contribution is 2.23. The first-order valence-corrected chi connectivity index (χ1v) is 27.9. The maximum absolute atomic E-state index is 12.1. The summed E-state index contributed by atoms with van der Waals surface area (Å²) in [6.07, 6.45) is 46.1. The maximum Gasteiger partial charge on any atom is 0.697 e. The van der Waals surface area contributed by atoms with Gasteiger partial charge in [0.05, 0.1) is 0 Å². The van der Waals surface area contributed by atoms with Gasteiger partial charge in [-0.05, 0) is 75.0 Å². The summed E-state index contributed by atoms with van der Waals surface area (Å²) in [6, 6.07) is 0. The molecular formula is C56H96N2O5P+. The first kappa shape index (κ1) is 61.2. The van der Waals surface area contributed by atoms with Gasteiger partial charge in [0.15, 0.2) is 0 Å². The Morgan fingerprint density at radius 1 is 0.359 bits per heavy atom. The summed E-state index contributed by atoms with van der Waals surface area (Å²) in [4.78, 5) is 24.2. The molecule has 64 heavy (non-hydrogen) atoms. The Morgan fingerprint density at radius 3 is 0.891 bits per heavy atom. The Hall–Kier alpha value is -2.80. The fourth-order valence-electron chi connectivity index (χ4n) is 7.33. The molecule has 364 valence electrons. The van der Waals surface area contributed by atoms with Crippen LogP contribution in [0.4, 0.5) is 0 Å². The van der Waals surface area contributed by atoms with Crippen LogP contribution in [0.1, 0.15) is 271 Å². The van der Waals surface area contributed by atoms with Crippen molar-refractivity contribution in [2.75, 3.05) is 26.3 Å². The molecule has 0 aromatic carbocycles. The van der Waals surface area contributed by atoms with Crippen molar-refractivity contribution < 1.29 is 23.2 Å². The summed E-state index contributed by atoms with van der Waals surface area (Å²) < 4.78 is 22.4. The standard InChI is InChI=1S/C56H95N2O5P/c1-3-5-7-9-11-13-15-17-19-21-23-25-27-29-31-33-35-37-39-41-43-45-49-55(59)57-51-47-53-62-64(61)63-54-48-52-58-56(60)50-46-44-42-40-38-36-34-32-30-28-26-24-22-20-18-16-14-12-10-8-6-4-2/h3-24,33-54H2,1-2H3,(H-,57,58,59,60)/p+1. The first-order valence-electron chi connectivity index (χ1n) is 26.8. The third-order valence-electron chi connectivity index (χ3n) is 11.4. The molecule has 2 N–H and O–H groups in total. The van der Waals surface area contributed by atoms with Crippen molar-refractivity contribution in [2.45, 2.75) is 271 Å². The van der Waals surface area contributed by atoms with E-state index in [0.717, 1.165) is 77.0 Å². The van der Waals surface area contributed by atoms with E-state index in [1.165, 1.54) is 154 Å². The van der Waals surface area contributed by atoms with Crippen molar-refractivity contribution in [3.8, 4) is 47.4 Å². The van der Waals surface area contributed by atoms with Crippen LogP contribution < -0.4 is 10.6 Å². The quantitative estimate of drug-likeness (QED) is 0.0360. The lowest BCUT2D eigenvalue weighted by Gasteiger charge is -2.04. The van der Waals surface area contributed by atoms with E-state index in [1.807, 2.05) is 0 Å². The van der Waals surface area contributed by atoms with Crippen molar-refractivity contribution in [3.63, 3.8) is 0 Å². The smallest absolute Gasteiger partial charge is 0.356 e. The highest BCUT2D eigenvalue weighted by Gasteiger charge is 2.19. The van der Waals surface area contributed by atoms with Crippen molar-refractivity contribution in [3.05, 3.63) is 0 Å². The molecule has 7 nitrogen and oxygen atoms in total. The molecule has 0 atom stereocenters. The Kier molecular flexibility index (Phi) is 52.1. The molecule has 0 unspecified atom stereocenters. The average Bonchev–Trinajstić information content (AvgIpc) is 3.29.